The quantitative estimate of drug-likeness (QED) is 0.788. The van der Waals surface area contributed by atoms with Crippen molar-refractivity contribution in [1.29, 1.82) is 0 Å². The van der Waals surface area contributed by atoms with Crippen LogP contribution < -0.4 is 10.2 Å². The summed E-state index contributed by atoms with van der Waals surface area (Å²) in [5, 5.41) is 3.29. The highest BCUT2D eigenvalue weighted by Crippen LogP contribution is 2.37. The van der Waals surface area contributed by atoms with Crippen molar-refractivity contribution in [1.82, 2.24) is 5.32 Å². The molecule has 0 aliphatic carbocycles. The summed E-state index contributed by atoms with van der Waals surface area (Å²) in [5.74, 6) is 0.950. The highest BCUT2D eigenvalue weighted by molar-refractivity contribution is 9.10. The van der Waals surface area contributed by atoms with Crippen molar-refractivity contribution in [3.63, 3.8) is 0 Å². The smallest absolute Gasteiger partial charge is 0.199 e. The van der Waals surface area contributed by atoms with E-state index in [0.717, 1.165) is 41.4 Å². The highest BCUT2D eigenvalue weighted by atomic mass is 79.9. The molecule has 5 heteroatoms. The van der Waals surface area contributed by atoms with Crippen molar-refractivity contribution in [2.75, 3.05) is 24.5 Å². The minimum Gasteiger partial charge on any atom is -0.354 e. The Labute approximate surface area is 102 Å². The van der Waals surface area contributed by atoms with E-state index in [9.17, 15) is 0 Å². The highest BCUT2D eigenvalue weighted by Gasteiger charge is 2.21. The lowest BCUT2D eigenvalue weighted by Gasteiger charge is -2.27. The van der Waals surface area contributed by atoms with Gasteiger partial charge in [0, 0.05) is 17.2 Å². The molecule has 0 fully saturated rings. The lowest BCUT2D eigenvalue weighted by Crippen LogP contribution is -2.41. The molecule has 0 bridgehead atoms. The monoisotopic (exact) mass is 278 g/mol. The summed E-state index contributed by atoms with van der Waals surface area (Å²) in [6.07, 6.45) is 1.91. The van der Waals surface area contributed by atoms with Gasteiger partial charge in [-0.05, 0) is 28.1 Å². The second-order valence-electron chi connectivity index (χ2n) is 3.66. The first-order valence-electron chi connectivity index (χ1n) is 5.23. The average Bonchev–Trinajstić information content (AvgIpc) is 2.82. The summed E-state index contributed by atoms with van der Waals surface area (Å²) in [5.41, 5.74) is 2.08. The summed E-state index contributed by atoms with van der Waals surface area (Å²) >= 11 is 3.52. The zero-order chi connectivity index (χ0) is 11.0. The number of aliphatic imine (C=N–C) groups is 2. The molecule has 0 spiro atoms. The number of hydrogen-bond donors (Lipinski definition) is 1. The fraction of sp³-hybridized carbons (Fsp3) is 0.273. The molecular formula is C11H11BrN4. The van der Waals surface area contributed by atoms with Crippen LogP contribution in [0.15, 0.2) is 32.7 Å². The maximum Gasteiger partial charge on any atom is 0.199 e. The number of halogens is 1. The number of nitrogens with one attached hydrogen (secondary N) is 1. The molecule has 0 saturated carbocycles. The van der Waals surface area contributed by atoms with Gasteiger partial charge in [-0.3, -0.25) is 9.98 Å². The Hall–Kier alpha value is -1.36. The standard InChI is InChI=1S/C11H11BrN4/c12-8-2-1-3-9-10(8)13-6-7-16(9)11-14-4-5-15-11/h1-3,6H,4-5,7H2,(H,14,15). The lowest BCUT2D eigenvalue weighted by molar-refractivity contribution is 0.947. The molecule has 82 valence electrons. The summed E-state index contributed by atoms with van der Waals surface area (Å²) in [7, 11) is 0. The van der Waals surface area contributed by atoms with Crippen LogP contribution in [-0.2, 0) is 0 Å². The number of hydrogen-bond acceptors (Lipinski definition) is 4. The van der Waals surface area contributed by atoms with Gasteiger partial charge in [-0.2, -0.15) is 0 Å². The van der Waals surface area contributed by atoms with E-state index in [-0.39, 0.29) is 0 Å². The Morgan fingerprint density at radius 3 is 3.12 bits per heavy atom. The molecule has 1 aromatic rings. The first-order chi connectivity index (χ1) is 7.86. The molecule has 0 radical (unpaired) electrons. The van der Waals surface area contributed by atoms with Crippen LogP contribution in [0.3, 0.4) is 0 Å². The van der Waals surface area contributed by atoms with Crippen molar-refractivity contribution >= 4 is 39.5 Å². The third-order valence-corrected chi connectivity index (χ3v) is 3.29. The van der Waals surface area contributed by atoms with E-state index in [0.29, 0.717) is 0 Å². The van der Waals surface area contributed by atoms with Crippen LogP contribution in [0, 0.1) is 0 Å². The Bertz CT molecular complexity index is 481. The first kappa shape index (κ1) is 9.84. The number of fused-ring (bicyclic) bond motifs is 1. The van der Waals surface area contributed by atoms with Crippen molar-refractivity contribution in [3.8, 4) is 0 Å². The topological polar surface area (TPSA) is 40.0 Å². The molecule has 0 amide bonds. The van der Waals surface area contributed by atoms with E-state index < -0.39 is 0 Å². The molecule has 0 aromatic heterocycles. The molecule has 4 nitrogen and oxygen atoms in total. The second kappa shape index (κ2) is 3.90. The number of benzene rings is 1. The lowest BCUT2D eigenvalue weighted by atomic mass is 10.2. The van der Waals surface area contributed by atoms with Crippen LogP contribution >= 0.6 is 15.9 Å². The average molecular weight is 279 g/mol. The molecule has 16 heavy (non-hydrogen) atoms. The summed E-state index contributed by atoms with van der Waals surface area (Å²) in [4.78, 5) is 11.0. The summed E-state index contributed by atoms with van der Waals surface area (Å²) in [6.45, 7) is 2.55. The van der Waals surface area contributed by atoms with Gasteiger partial charge in [0.25, 0.3) is 0 Å². The molecule has 2 heterocycles. The predicted octanol–water partition coefficient (Wildman–Crippen LogP) is 1.93. The van der Waals surface area contributed by atoms with E-state index in [2.05, 4.69) is 42.2 Å². The zero-order valence-electron chi connectivity index (χ0n) is 8.65. The van der Waals surface area contributed by atoms with Gasteiger partial charge in [0.15, 0.2) is 5.96 Å². The number of para-hydroxylation sites is 1. The van der Waals surface area contributed by atoms with E-state index in [1.807, 2.05) is 18.3 Å². The minimum atomic E-state index is 0.773. The Morgan fingerprint density at radius 1 is 1.38 bits per heavy atom. The van der Waals surface area contributed by atoms with Gasteiger partial charge >= 0.3 is 0 Å². The molecule has 0 atom stereocenters. The molecule has 1 aromatic carbocycles. The second-order valence-corrected chi connectivity index (χ2v) is 4.52. The number of nitrogens with zero attached hydrogens (tertiary/aromatic N) is 3. The Kier molecular flexibility index (Phi) is 2.40. The largest absolute Gasteiger partial charge is 0.354 e. The van der Waals surface area contributed by atoms with Crippen molar-refractivity contribution in [2.45, 2.75) is 0 Å². The molecule has 0 unspecified atom stereocenters. The Morgan fingerprint density at radius 2 is 2.31 bits per heavy atom. The van der Waals surface area contributed by atoms with Crippen LogP contribution in [0.2, 0.25) is 0 Å². The zero-order valence-corrected chi connectivity index (χ0v) is 10.2. The molecule has 0 saturated heterocycles. The normalized spacial score (nSPS) is 18.1. The van der Waals surface area contributed by atoms with Gasteiger partial charge < -0.3 is 10.2 Å². The van der Waals surface area contributed by atoms with Crippen LogP contribution in [0.5, 0.6) is 0 Å². The van der Waals surface area contributed by atoms with Gasteiger partial charge in [-0.25, -0.2) is 0 Å². The van der Waals surface area contributed by atoms with Crippen LogP contribution in [0.1, 0.15) is 0 Å². The Balaban J connectivity index is 2.06. The molecule has 1 N–H and O–H groups in total. The van der Waals surface area contributed by atoms with Gasteiger partial charge in [-0.1, -0.05) is 6.07 Å². The van der Waals surface area contributed by atoms with Gasteiger partial charge in [0.1, 0.15) is 5.69 Å². The van der Waals surface area contributed by atoms with E-state index in [1.165, 1.54) is 0 Å². The van der Waals surface area contributed by atoms with Gasteiger partial charge in [0.05, 0.1) is 18.8 Å². The molecule has 3 rings (SSSR count). The van der Waals surface area contributed by atoms with Crippen molar-refractivity contribution in [2.24, 2.45) is 9.98 Å². The number of anilines is 1. The van der Waals surface area contributed by atoms with Gasteiger partial charge in [-0.15, -0.1) is 0 Å². The van der Waals surface area contributed by atoms with Crippen LogP contribution in [-0.4, -0.2) is 31.8 Å². The van der Waals surface area contributed by atoms with E-state index in [1.54, 1.807) is 0 Å². The van der Waals surface area contributed by atoms with Gasteiger partial charge in [0.2, 0.25) is 0 Å². The third-order valence-electron chi connectivity index (χ3n) is 2.65. The summed E-state index contributed by atoms with van der Waals surface area (Å²) in [6, 6.07) is 6.09. The molecular weight excluding hydrogens is 268 g/mol. The first-order valence-corrected chi connectivity index (χ1v) is 6.02. The maximum atomic E-state index is 4.44. The number of guanidine groups is 1. The molecule has 2 aliphatic heterocycles. The number of rotatable bonds is 0. The van der Waals surface area contributed by atoms with E-state index >= 15 is 0 Å². The van der Waals surface area contributed by atoms with Crippen LogP contribution in [0.4, 0.5) is 11.4 Å². The maximum absolute atomic E-state index is 4.44. The summed E-state index contributed by atoms with van der Waals surface area (Å²) < 4.78 is 1.02. The van der Waals surface area contributed by atoms with Crippen LogP contribution in [0.25, 0.3) is 0 Å². The van der Waals surface area contributed by atoms with E-state index in [4.69, 9.17) is 0 Å². The fourth-order valence-corrected chi connectivity index (χ4v) is 2.39. The van der Waals surface area contributed by atoms with Crippen molar-refractivity contribution in [3.05, 3.63) is 22.7 Å². The minimum absolute atomic E-state index is 0.773. The molecule has 2 aliphatic rings. The third kappa shape index (κ3) is 1.51. The SMILES string of the molecule is Brc1cccc2c1N=CCN2C1=NCCN1. The van der Waals surface area contributed by atoms with Crippen molar-refractivity contribution < 1.29 is 0 Å². The predicted molar refractivity (Wildman–Crippen MR) is 69.9 cm³/mol. The fourth-order valence-electron chi connectivity index (χ4n) is 1.93.